The van der Waals surface area contributed by atoms with Gasteiger partial charge >= 0.3 is 0 Å². The summed E-state index contributed by atoms with van der Waals surface area (Å²) in [7, 11) is 11.1. The van der Waals surface area contributed by atoms with Crippen LogP contribution in [-0.2, 0) is 0 Å². The number of anilines is 5. The Morgan fingerprint density at radius 2 is 1.15 bits per heavy atom. The Bertz CT molecular complexity index is 2350. The average molecular weight is 730 g/mol. The van der Waals surface area contributed by atoms with Gasteiger partial charge in [0.15, 0.2) is 21.4 Å². The summed E-state index contributed by atoms with van der Waals surface area (Å²) < 4.78 is 0. The van der Waals surface area contributed by atoms with Gasteiger partial charge < -0.3 is 21.5 Å². The van der Waals surface area contributed by atoms with Crippen molar-refractivity contribution in [3.05, 3.63) is 81.4 Å². The number of nitrogens with two attached hydrogens (primary N) is 1. The molecule has 4 aromatic carbocycles. The van der Waals surface area contributed by atoms with Crippen molar-refractivity contribution in [2.75, 3.05) is 16.4 Å². The van der Waals surface area contributed by atoms with Crippen LogP contribution >= 0.6 is 23.2 Å². The van der Waals surface area contributed by atoms with Gasteiger partial charge in [-0.15, -0.1) is 5.11 Å². The summed E-state index contributed by atoms with van der Waals surface area (Å²) in [6.45, 7) is 7.38. The Balaban J connectivity index is 0.000000244. The molecule has 6 aromatic rings. The van der Waals surface area contributed by atoms with E-state index in [1.165, 1.54) is 0 Å². The Morgan fingerprint density at radius 3 is 1.65 bits per heavy atom. The highest BCUT2D eigenvalue weighted by atomic mass is 35.5. The van der Waals surface area contributed by atoms with Crippen molar-refractivity contribution in [3.63, 3.8) is 0 Å². The maximum atomic E-state index is 11.0. The van der Waals surface area contributed by atoms with E-state index in [2.05, 4.69) is 61.0 Å². The number of phenolic OH excluding ortho intramolecular Hbond substituents is 1. The SMILES string of the molecule is [B]c1nc(Cl)nc(Nc2ccc(C)c(N=N)c2)n1.[B]c1nc(Cl)nc(Nc2ccc(C)c(N=Nc3c(C)cc4cc(C)c(N=N)c(N)c4c3O)c2)n1. The molecule has 0 unspecified atom stereocenters. The number of benzene rings is 4. The maximum Gasteiger partial charge on any atom is 0.230 e. The number of aromatic hydroxyl groups is 1. The summed E-state index contributed by atoms with van der Waals surface area (Å²) in [5.74, 6) is 0.310. The number of aromatic nitrogens is 6. The largest absolute Gasteiger partial charge is 0.505 e. The lowest BCUT2D eigenvalue weighted by molar-refractivity contribution is 0.482. The van der Waals surface area contributed by atoms with Gasteiger partial charge in [0.25, 0.3) is 0 Å². The van der Waals surface area contributed by atoms with E-state index < -0.39 is 0 Å². The van der Waals surface area contributed by atoms with Crippen molar-refractivity contribution >= 4 is 113 Å². The molecular formula is C32H27B2Cl2N15O. The normalized spacial score (nSPS) is 10.9. The molecule has 20 heteroatoms. The number of nitrogen functional groups attached to an aromatic ring is 1. The van der Waals surface area contributed by atoms with Gasteiger partial charge in [-0.3, -0.25) is 0 Å². The second-order valence-corrected chi connectivity index (χ2v) is 11.9. The van der Waals surface area contributed by atoms with Crippen LogP contribution in [0.4, 0.5) is 51.7 Å². The molecule has 0 aliphatic rings. The first-order chi connectivity index (χ1) is 24.8. The Kier molecular flexibility index (Phi) is 11.3. The van der Waals surface area contributed by atoms with Gasteiger partial charge in [-0.2, -0.15) is 25.3 Å². The van der Waals surface area contributed by atoms with Crippen molar-refractivity contribution in [1.82, 2.24) is 29.9 Å². The lowest BCUT2D eigenvalue weighted by Gasteiger charge is -2.13. The Morgan fingerprint density at radius 1 is 0.654 bits per heavy atom. The van der Waals surface area contributed by atoms with Crippen LogP contribution < -0.4 is 27.8 Å². The van der Waals surface area contributed by atoms with E-state index in [4.69, 9.17) is 55.7 Å². The molecule has 0 amide bonds. The molecule has 0 saturated carbocycles. The van der Waals surface area contributed by atoms with Crippen LogP contribution in [0.25, 0.3) is 10.8 Å². The standard InChI is InChI=1S/C22H19BClN9O.C10H8BClN6/c1-9-4-5-13(27-22-29-20(23)28-21(24)30-22)8-14(9)32-33-18-11(3)7-12-6-10(2)17(31-26)16(25)15(12)19(18)34;1-5-2-3-6(4-7(5)18-13)14-10-16-8(11)15-9(12)17-10/h4-8,26,34H,25H2,1-3H3,(H,27,28,29,30);2-4,13H,1H3,(H,14,15,16,17). The van der Waals surface area contributed by atoms with Gasteiger partial charge in [0, 0.05) is 11.4 Å². The topological polar surface area (TPSA) is 245 Å². The number of nitrogens with zero attached hydrogens (tertiary/aromatic N) is 10. The number of rotatable bonds is 8. The van der Waals surface area contributed by atoms with E-state index >= 15 is 0 Å². The van der Waals surface area contributed by atoms with Crippen molar-refractivity contribution in [2.45, 2.75) is 27.7 Å². The van der Waals surface area contributed by atoms with Crippen LogP contribution in [0, 0.1) is 38.8 Å². The van der Waals surface area contributed by atoms with Crippen molar-refractivity contribution in [1.29, 1.82) is 11.1 Å². The zero-order valence-corrected chi connectivity index (χ0v) is 29.5. The smallest absolute Gasteiger partial charge is 0.230 e. The van der Waals surface area contributed by atoms with Crippen molar-refractivity contribution in [3.8, 4) is 5.75 Å². The number of halogens is 2. The fraction of sp³-hybridized carbons (Fsp3) is 0.125. The van der Waals surface area contributed by atoms with Gasteiger partial charge in [0.1, 0.15) is 11.4 Å². The molecule has 0 fully saturated rings. The summed E-state index contributed by atoms with van der Waals surface area (Å²) >= 11 is 11.5. The number of fused-ring (bicyclic) bond motifs is 1. The fourth-order valence-corrected chi connectivity index (χ4v) is 5.26. The third-order valence-electron chi connectivity index (χ3n) is 7.44. The molecule has 6 rings (SSSR count). The average Bonchev–Trinajstić information content (AvgIpc) is 3.06. The fourth-order valence-electron chi connectivity index (χ4n) is 4.93. The minimum atomic E-state index is -0.122. The summed E-state index contributed by atoms with van der Waals surface area (Å²) in [4.78, 5) is 23.1. The Hall–Kier alpha value is -6.13. The zero-order chi connectivity index (χ0) is 37.7. The first-order valence-corrected chi connectivity index (χ1v) is 15.8. The zero-order valence-electron chi connectivity index (χ0n) is 28.0. The Labute approximate surface area is 309 Å². The molecule has 0 atom stereocenters. The minimum absolute atomic E-state index is 0.00683. The summed E-state index contributed by atoms with van der Waals surface area (Å²) in [5.41, 5.74) is 27.1. The van der Waals surface area contributed by atoms with Crippen LogP contribution in [0.5, 0.6) is 5.75 Å². The molecule has 52 heavy (non-hydrogen) atoms. The van der Waals surface area contributed by atoms with Gasteiger partial charge in [0.2, 0.25) is 22.5 Å². The maximum absolute atomic E-state index is 11.0. The van der Waals surface area contributed by atoms with E-state index in [1.807, 2.05) is 64.1 Å². The lowest BCUT2D eigenvalue weighted by Crippen LogP contribution is -2.16. The number of hydrogen-bond donors (Lipinski definition) is 6. The molecular weight excluding hydrogens is 703 g/mol. The molecule has 2 heterocycles. The van der Waals surface area contributed by atoms with E-state index in [0.29, 0.717) is 39.4 Å². The van der Waals surface area contributed by atoms with E-state index in [-0.39, 0.29) is 51.0 Å². The quantitative estimate of drug-likeness (QED) is 0.0510. The summed E-state index contributed by atoms with van der Waals surface area (Å²) in [6.07, 6.45) is 0. The highest BCUT2D eigenvalue weighted by Gasteiger charge is 2.17. The highest BCUT2D eigenvalue weighted by molar-refractivity contribution is 6.32. The van der Waals surface area contributed by atoms with Crippen molar-refractivity contribution < 1.29 is 5.11 Å². The van der Waals surface area contributed by atoms with Crippen LogP contribution in [0.2, 0.25) is 10.6 Å². The van der Waals surface area contributed by atoms with Crippen LogP contribution in [0.15, 0.2) is 69.0 Å². The van der Waals surface area contributed by atoms with Gasteiger partial charge in [-0.1, -0.05) is 12.1 Å². The molecule has 256 valence electrons. The predicted octanol–water partition coefficient (Wildman–Crippen LogP) is 7.54. The number of aryl methyl sites for hydroxylation is 4. The lowest BCUT2D eigenvalue weighted by atomic mass is 9.99. The molecule has 0 bridgehead atoms. The third kappa shape index (κ3) is 8.59. The monoisotopic (exact) mass is 729 g/mol. The van der Waals surface area contributed by atoms with Gasteiger partial charge in [-0.05, 0) is 115 Å². The molecule has 0 spiro atoms. The molecule has 7 N–H and O–H groups in total. The molecule has 4 radical (unpaired) electrons. The van der Waals surface area contributed by atoms with Gasteiger partial charge in [-0.25, -0.2) is 31.0 Å². The first-order valence-electron chi connectivity index (χ1n) is 15.1. The second-order valence-electron chi connectivity index (χ2n) is 11.2. The minimum Gasteiger partial charge on any atom is -0.505 e. The van der Waals surface area contributed by atoms with E-state index in [1.54, 1.807) is 12.1 Å². The number of azo groups is 1. The molecule has 16 nitrogen and oxygen atoms in total. The summed E-state index contributed by atoms with van der Waals surface area (Å²) in [6, 6.07) is 14.5. The van der Waals surface area contributed by atoms with E-state index in [0.717, 1.165) is 22.1 Å². The number of phenols is 1. The molecule has 0 aliphatic carbocycles. The third-order valence-corrected chi connectivity index (χ3v) is 7.77. The van der Waals surface area contributed by atoms with Crippen molar-refractivity contribution in [2.24, 2.45) is 20.5 Å². The molecule has 0 saturated heterocycles. The number of nitrogens with one attached hydrogen (secondary N) is 4. The predicted molar refractivity (Wildman–Crippen MR) is 203 cm³/mol. The van der Waals surface area contributed by atoms with Crippen LogP contribution in [0.1, 0.15) is 22.3 Å². The number of hydrogen-bond acceptors (Lipinski definition) is 16. The second kappa shape index (κ2) is 15.8. The van der Waals surface area contributed by atoms with Crippen LogP contribution in [-0.4, -0.2) is 50.7 Å². The summed E-state index contributed by atoms with van der Waals surface area (Å²) in [5, 5.41) is 33.6. The highest BCUT2D eigenvalue weighted by Crippen LogP contribution is 2.45. The van der Waals surface area contributed by atoms with Gasteiger partial charge in [0.05, 0.1) is 33.9 Å². The van der Waals surface area contributed by atoms with E-state index in [9.17, 15) is 5.11 Å². The molecule has 0 aliphatic heterocycles. The molecule has 2 aromatic heterocycles. The first kappa shape index (κ1) is 37.1. The van der Waals surface area contributed by atoms with Crippen LogP contribution in [0.3, 0.4) is 0 Å².